The lowest BCUT2D eigenvalue weighted by Crippen LogP contribution is -2.47. The number of likely N-dealkylation sites (N-methyl/N-ethyl adjacent to an activating group) is 1. The van der Waals surface area contributed by atoms with Crippen LogP contribution in [0.15, 0.2) is 0 Å². The van der Waals surface area contributed by atoms with Crippen LogP contribution in [0.25, 0.3) is 0 Å². The van der Waals surface area contributed by atoms with Crippen LogP contribution in [-0.2, 0) is 4.74 Å². The van der Waals surface area contributed by atoms with Gasteiger partial charge in [-0.3, -0.25) is 4.90 Å². The normalized spacial score (nSPS) is 39.4. The molecule has 14 heavy (non-hydrogen) atoms. The number of likely N-dealkylation sites (tertiary alicyclic amines) is 1. The average Bonchev–Trinajstić information content (AvgIpc) is 2.75. The van der Waals surface area contributed by atoms with Gasteiger partial charge >= 0.3 is 0 Å². The predicted octanol–water partition coefficient (Wildman–Crippen LogP) is 0.849. The molecule has 2 rings (SSSR count). The quantitative estimate of drug-likeness (QED) is 0.727. The monoisotopic (exact) mass is 198 g/mol. The van der Waals surface area contributed by atoms with E-state index in [-0.39, 0.29) is 0 Å². The Morgan fingerprint density at radius 2 is 2.43 bits per heavy atom. The van der Waals surface area contributed by atoms with E-state index in [4.69, 9.17) is 4.74 Å². The topological polar surface area (TPSA) is 24.5 Å². The van der Waals surface area contributed by atoms with Gasteiger partial charge in [0, 0.05) is 31.3 Å². The molecule has 0 bridgehead atoms. The van der Waals surface area contributed by atoms with Gasteiger partial charge in [-0.25, -0.2) is 0 Å². The van der Waals surface area contributed by atoms with Crippen molar-refractivity contribution in [2.24, 2.45) is 0 Å². The highest BCUT2D eigenvalue weighted by molar-refractivity contribution is 4.95. The predicted molar refractivity (Wildman–Crippen MR) is 57.5 cm³/mol. The minimum absolute atomic E-state index is 0.324. The van der Waals surface area contributed by atoms with Crippen LogP contribution >= 0.6 is 0 Å². The first-order valence-corrected chi connectivity index (χ1v) is 5.81. The molecule has 0 aromatic rings. The van der Waals surface area contributed by atoms with Crippen molar-refractivity contribution in [1.29, 1.82) is 0 Å². The lowest BCUT2D eigenvalue weighted by molar-refractivity contribution is 0.0983. The molecule has 2 fully saturated rings. The zero-order valence-electron chi connectivity index (χ0n) is 9.38. The highest BCUT2D eigenvalue weighted by Crippen LogP contribution is 2.28. The highest BCUT2D eigenvalue weighted by atomic mass is 16.5. The number of hydrogen-bond acceptors (Lipinski definition) is 3. The number of ether oxygens (including phenoxy) is 1. The highest BCUT2D eigenvalue weighted by Gasteiger charge is 2.39. The van der Waals surface area contributed by atoms with Crippen molar-refractivity contribution in [2.45, 2.75) is 38.3 Å². The van der Waals surface area contributed by atoms with Gasteiger partial charge in [0.2, 0.25) is 0 Å². The number of nitrogens with one attached hydrogen (secondary N) is 1. The summed E-state index contributed by atoms with van der Waals surface area (Å²) in [5, 5.41) is 3.53. The fourth-order valence-electron chi connectivity index (χ4n) is 2.61. The van der Waals surface area contributed by atoms with Gasteiger partial charge in [0.15, 0.2) is 0 Å². The summed E-state index contributed by atoms with van der Waals surface area (Å²) in [4.78, 5) is 2.60. The molecule has 0 saturated carbocycles. The van der Waals surface area contributed by atoms with Crippen LogP contribution in [0.2, 0.25) is 0 Å². The van der Waals surface area contributed by atoms with Crippen LogP contribution in [0.1, 0.15) is 26.7 Å². The summed E-state index contributed by atoms with van der Waals surface area (Å²) in [6.45, 7) is 9.92. The molecule has 0 aromatic heterocycles. The van der Waals surface area contributed by atoms with Crippen LogP contribution in [0.3, 0.4) is 0 Å². The second-order valence-corrected chi connectivity index (χ2v) is 4.79. The van der Waals surface area contributed by atoms with Crippen LogP contribution in [0.4, 0.5) is 0 Å². The van der Waals surface area contributed by atoms with Gasteiger partial charge in [-0.1, -0.05) is 6.92 Å². The summed E-state index contributed by atoms with van der Waals surface area (Å²) in [6.07, 6.45) is 2.50. The first-order chi connectivity index (χ1) is 6.74. The van der Waals surface area contributed by atoms with Crippen molar-refractivity contribution >= 4 is 0 Å². The summed E-state index contributed by atoms with van der Waals surface area (Å²) in [6, 6.07) is 0.706. The Kier molecular flexibility index (Phi) is 3.10. The van der Waals surface area contributed by atoms with Gasteiger partial charge in [0.05, 0.1) is 6.61 Å². The average molecular weight is 198 g/mol. The van der Waals surface area contributed by atoms with E-state index in [1.165, 1.54) is 25.9 Å². The molecular weight excluding hydrogens is 176 g/mol. The number of nitrogens with zero attached hydrogens (tertiary/aromatic N) is 1. The fraction of sp³-hybridized carbons (Fsp3) is 1.00. The summed E-state index contributed by atoms with van der Waals surface area (Å²) in [5.74, 6) is 0. The zero-order valence-corrected chi connectivity index (χ0v) is 9.38. The fourth-order valence-corrected chi connectivity index (χ4v) is 2.61. The van der Waals surface area contributed by atoms with Crippen molar-refractivity contribution in [3.63, 3.8) is 0 Å². The van der Waals surface area contributed by atoms with E-state index in [0.717, 1.165) is 19.8 Å². The summed E-state index contributed by atoms with van der Waals surface area (Å²) < 4.78 is 5.51. The molecule has 2 aliphatic rings. The number of rotatable bonds is 3. The molecule has 2 aliphatic heterocycles. The molecule has 0 aliphatic carbocycles. The van der Waals surface area contributed by atoms with Crippen LogP contribution < -0.4 is 5.32 Å². The maximum atomic E-state index is 5.51. The van der Waals surface area contributed by atoms with E-state index in [9.17, 15) is 0 Å². The van der Waals surface area contributed by atoms with Crippen molar-refractivity contribution in [3.8, 4) is 0 Å². The molecule has 0 spiro atoms. The van der Waals surface area contributed by atoms with Gasteiger partial charge < -0.3 is 10.1 Å². The first-order valence-electron chi connectivity index (χ1n) is 5.81. The van der Waals surface area contributed by atoms with E-state index in [0.29, 0.717) is 11.6 Å². The smallest absolute Gasteiger partial charge is 0.0648 e. The molecule has 0 aromatic carbocycles. The van der Waals surface area contributed by atoms with Gasteiger partial charge in [0.1, 0.15) is 0 Å². The molecule has 2 saturated heterocycles. The second-order valence-electron chi connectivity index (χ2n) is 4.79. The third kappa shape index (κ3) is 1.95. The minimum atomic E-state index is 0.324. The lowest BCUT2D eigenvalue weighted by Gasteiger charge is -2.33. The molecule has 1 N–H and O–H groups in total. The van der Waals surface area contributed by atoms with E-state index >= 15 is 0 Å². The molecule has 2 heterocycles. The molecule has 2 atom stereocenters. The Hall–Kier alpha value is -0.120. The van der Waals surface area contributed by atoms with Gasteiger partial charge in [-0.2, -0.15) is 0 Å². The van der Waals surface area contributed by atoms with Gasteiger partial charge in [0.25, 0.3) is 0 Å². The third-order valence-corrected chi connectivity index (χ3v) is 3.64. The second kappa shape index (κ2) is 4.17. The molecular formula is C11H22N2O. The van der Waals surface area contributed by atoms with Crippen molar-refractivity contribution < 1.29 is 4.74 Å². The van der Waals surface area contributed by atoms with Gasteiger partial charge in [-0.15, -0.1) is 0 Å². The summed E-state index contributed by atoms with van der Waals surface area (Å²) in [5.41, 5.74) is 0.324. The Morgan fingerprint density at radius 3 is 3.07 bits per heavy atom. The lowest BCUT2D eigenvalue weighted by atomic mass is 10.00. The molecule has 2 unspecified atom stereocenters. The Labute approximate surface area is 86.8 Å². The van der Waals surface area contributed by atoms with E-state index in [2.05, 4.69) is 24.1 Å². The first kappa shape index (κ1) is 10.4. The molecule has 0 amide bonds. The standard InChI is InChI=1S/C11H22N2O/c1-3-12-10-4-6-13(8-10)11(2)5-7-14-9-11/h10,12H,3-9H2,1-2H3. The van der Waals surface area contributed by atoms with E-state index in [1.807, 2.05) is 0 Å². The summed E-state index contributed by atoms with van der Waals surface area (Å²) >= 11 is 0. The van der Waals surface area contributed by atoms with Crippen molar-refractivity contribution in [2.75, 3.05) is 32.8 Å². The maximum absolute atomic E-state index is 5.51. The Bertz CT molecular complexity index is 190. The molecule has 82 valence electrons. The van der Waals surface area contributed by atoms with Crippen LogP contribution in [-0.4, -0.2) is 49.3 Å². The van der Waals surface area contributed by atoms with Gasteiger partial charge in [-0.05, 0) is 26.3 Å². The maximum Gasteiger partial charge on any atom is 0.0648 e. The largest absolute Gasteiger partial charge is 0.379 e. The Balaban J connectivity index is 1.88. The SMILES string of the molecule is CCNC1CCN(C2(C)CCOC2)C1. The Morgan fingerprint density at radius 1 is 1.57 bits per heavy atom. The zero-order chi connectivity index (χ0) is 10.0. The third-order valence-electron chi connectivity index (χ3n) is 3.64. The van der Waals surface area contributed by atoms with Crippen LogP contribution in [0.5, 0.6) is 0 Å². The van der Waals surface area contributed by atoms with Crippen LogP contribution in [0, 0.1) is 0 Å². The molecule has 3 heteroatoms. The van der Waals surface area contributed by atoms with E-state index in [1.54, 1.807) is 0 Å². The minimum Gasteiger partial charge on any atom is -0.379 e. The van der Waals surface area contributed by atoms with Crippen molar-refractivity contribution in [3.05, 3.63) is 0 Å². The van der Waals surface area contributed by atoms with E-state index < -0.39 is 0 Å². The number of hydrogen-bond donors (Lipinski definition) is 1. The van der Waals surface area contributed by atoms with Crippen molar-refractivity contribution in [1.82, 2.24) is 10.2 Å². The molecule has 3 nitrogen and oxygen atoms in total. The summed E-state index contributed by atoms with van der Waals surface area (Å²) in [7, 11) is 0. The molecule has 0 radical (unpaired) electrons.